The number of hydrazone groups is 1. The lowest BCUT2D eigenvalue weighted by atomic mass is 10.2. The molecule has 0 atom stereocenters. The highest BCUT2D eigenvalue weighted by atomic mass is 79.9. The molecule has 1 N–H and O–H groups in total. The van der Waals surface area contributed by atoms with E-state index in [1.165, 1.54) is 30.5 Å². The second kappa shape index (κ2) is 9.57. The smallest absolute Gasteiger partial charge is 0.343 e. The monoisotopic (exact) mass is 467 g/mol. The SMILES string of the molecule is O=C(N/N=C\c1ccc(OC(=O)c2ccc(Br)cc2)cc1)c1ccc([N+](=O)[O-])cc1. The standard InChI is InChI=1S/C21H14BrN3O5/c22-17-7-3-16(4-8-17)21(27)30-19-11-1-14(2-12-19)13-23-24-20(26)15-5-9-18(10-6-15)25(28)29/h1-13H,(H,24,26)/b23-13-. The molecule has 0 bridgehead atoms. The van der Waals surface area contributed by atoms with Gasteiger partial charge in [0.25, 0.3) is 11.6 Å². The summed E-state index contributed by atoms with van der Waals surface area (Å²) in [6.07, 6.45) is 1.42. The van der Waals surface area contributed by atoms with Gasteiger partial charge in [-0.1, -0.05) is 15.9 Å². The highest BCUT2D eigenvalue weighted by Crippen LogP contribution is 2.16. The zero-order chi connectivity index (χ0) is 21.5. The molecule has 0 radical (unpaired) electrons. The molecule has 150 valence electrons. The van der Waals surface area contributed by atoms with E-state index in [0.717, 1.165) is 4.47 Å². The molecule has 3 rings (SSSR count). The van der Waals surface area contributed by atoms with E-state index in [1.54, 1.807) is 48.5 Å². The lowest BCUT2D eigenvalue weighted by Gasteiger charge is -2.05. The van der Waals surface area contributed by atoms with Crippen LogP contribution in [-0.2, 0) is 0 Å². The third-order valence-electron chi connectivity index (χ3n) is 3.89. The maximum atomic E-state index is 12.1. The Morgan fingerprint density at radius 1 is 0.933 bits per heavy atom. The average Bonchev–Trinajstić information content (AvgIpc) is 2.75. The van der Waals surface area contributed by atoms with Crippen molar-refractivity contribution in [2.75, 3.05) is 0 Å². The molecule has 0 heterocycles. The largest absolute Gasteiger partial charge is 0.423 e. The number of nitro benzene ring substituents is 1. The summed E-state index contributed by atoms with van der Waals surface area (Å²) in [5.41, 5.74) is 3.58. The van der Waals surface area contributed by atoms with E-state index in [9.17, 15) is 19.7 Å². The van der Waals surface area contributed by atoms with Gasteiger partial charge in [0, 0.05) is 22.2 Å². The molecule has 3 aromatic carbocycles. The van der Waals surface area contributed by atoms with Crippen molar-refractivity contribution >= 4 is 39.7 Å². The van der Waals surface area contributed by atoms with Crippen LogP contribution in [0.2, 0.25) is 0 Å². The van der Waals surface area contributed by atoms with Crippen LogP contribution in [0.1, 0.15) is 26.3 Å². The third-order valence-corrected chi connectivity index (χ3v) is 4.42. The number of carbonyl (C=O) groups is 2. The summed E-state index contributed by atoms with van der Waals surface area (Å²) in [6.45, 7) is 0. The van der Waals surface area contributed by atoms with Gasteiger partial charge in [0.15, 0.2) is 0 Å². The van der Waals surface area contributed by atoms with Crippen molar-refractivity contribution < 1.29 is 19.2 Å². The molecule has 0 saturated heterocycles. The predicted molar refractivity (Wildman–Crippen MR) is 114 cm³/mol. The van der Waals surface area contributed by atoms with Crippen LogP contribution in [0.3, 0.4) is 0 Å². The Morgan fingerprint density at radius 3 is 2.13 bits per heavy atom. The molecule has 3 aromatic rings. The molecule has 0 fully saturated rings. The van der Waals surface area contributed by atoms with Crippen LogP contribution < -0.4 is 10.2 Å². The first-order valence-corrected chi connectivity index (χ1v) is 9.37. The Hall–Kier alpha value is -3.85. The number of ether oxygens (including phenoxy) is 1. The number of rotatable bonds is 6. The number of non-ortho nitro benzene ring substituents is 1. The van der Waals surface area contributed by atoms with Crippen molar-refractivity contribution in [3.8, 4) is 5.75 Å². The quantitative estimate of drug-likeness (QED) is 0.190. The molecule has 0 aliphatic heterocycles. The molecule has 0 spiro atoms. The Kier molecular flexibility index (Phi) is 6.66. The fourth-order valence-corrected chi connectivity index (χ4v) is 2.60. The van der Waals surface area contributed by atoms with Crippen LogP contribution in [0.25, 0.3) is 0 Å². The average molecular weight is 468 g/mol. The Labute approximate surface area is 179 Å². The first-order chi connectivity index (χ1) is 14.4. The van der Waals surface area contributed by atoms with Crippen LogP contribution in [0, 0.1) is 10.1 Å². The molecule has 1 amide bonds. The number of nitrogens with one attached hydrogen (secondary N) is 1. The molecule has 0 unspecified atom stereocenters. The zero-order valence-electron chi connectivity index (χ0n) is 15.3. The minimum atomic E-state index is -0.542. The number of esters is 1. The summed E-state index contributed by atoms with van der Waals surface area (Å²) < 4.78 is 6.17. The van der Waals surface area contributed by atoms with Gasteiger partial charge in [0.05, 0.1) is 16.7 Å². The van der Waals surface area contributed by atoms with Crippen LogP contribution in [0.5, 0.6) is 5.75 Å². The summed E-state index contributed by atoms with van der Waals surface area (Å²) in [4.78, 5) is 34.2. The van der Waals surface area contributed by atoms with E-state index < -0.39 is 16.8 Å². The lowest BCUT2D eigenvalue weighted by Crippen LogP contribution is -2.17. The van der Waals surface area contributed by atoms with Crippen LogP contribution in [0.4, 0.5) is 5.69 Å². The number of nitro groups is 1. The van der Waals surface area contributed by atoms with Gasteiger partial charge in [-0.05, 0) is 66.2 Å². The number of halogens is 1. The predicted octanol–water partition coefficient (Wildman–Crippen LogP) is 4.34. The second-order valence-electron chi connectivity index (χ2n) is 5.97. The highest BCUT2D eigenvalue weighted by molar-refractivity contribution is 9.10. The van der Waals surface area contributed by atoms with Crippen molar-refractivity contribution in [1.29, 1.82) is 0 Å². The fraction of sp³-hybridized carbons (Fsp3) is 0. The summed E-state index contributed by atoms with van der Waals surface area (Å²) >= 11 is 3.30. The number of nitrogens with zero attached hydrogens (tertiary/aromatic N) is 2. The molecule has 0 aromatic heterocycles. The van der Waals surface area contributed by atoms with E-state index >= 15 is 0 Å². The Bertz CT molecular complexity index is 1090. The molecular formula is C21H14BrN3O5. The minimum absolute atomic E-state index is 0.101. The number of carbonyl (C=O) groups excluding carboxylic acids is 2. The maximum absolute atomic E-state index is 12.1. The van der Waals surface area contributed by atoms with E-state index in [4.69, 9.17) is 4.74 Å². The fourth-order valence-electron chi connectivity index (χ4n) is 2.34. The molecule has 8 nitrogen and oxygen atoms in total. The van der Waals surface area contributed by atoms with Gasteiger partial charge >= 0.3 is 5.97 Å². The molecule has 0 aliphatic carbocycles. The van der Waals surface area contributed by atoms with Gasteiger partial charge in [-0.3, -0.25) is 14.9 Å². The first kappa shape index (κ1) is 20.9. The minimum Gasteiger partial charge on any atom is -0.423 e. The number of amides is 1. The molecule has 0 saturated carbocycles. The van der Waals surface area contributed by atoms with Crippen molar-refractivity contribution in [2.45, 2.75) is 0 Å². The molecule has 30 heavy (non-hydrogen) atoms. The van der Waals surface area contributed by atoms with Gasteiger partial charge < -0.3 is 4.74 Å². The zero-order valence-corrected chi connectivity index (χ0v) is 16.9. The van der Waals surface area contributed by atoms with Crippen LogP contribution in [-0.4, -0.2) is 23.0 Å². The van der Waals surface area contributed by atoms with E-state index in [-0.39, 0.29) is 11.3 Å². The third kappa shape index (κ3) is 5.58. The van der Waals surface area contributed by atoms with Gasteiger partial charge in [-0.25, -0.2) is 10.2 Å². The highest BCUT2D eigenvalue weighted by Gasteiger charge is 2.09. The molecule has 0 aliphatic rings. The lowest BCUT2D eigenvalue weighted by molar-refractivity contribution is -0.384. The maximum Gasteiger partial charge on any atom is 0.343 e. The summed E-state index contributed by atoms with van der Waals surface area (Å²) in [5.74, 6) is -0.601. The van der Waals surface area contributed by atoms with Crippen molar-refractivity contribution in [1.82, 2.24) is 5.43 Å². The van der Waals surface area contributed by atoms with E-state index in [2.05, 4.69) is 26.5 Å². The normalized spacial score (nSPS) is 10.6. The Morgan fingerprint density at radius 2 is 1.53 bits per heavy atom. The van der Waals surface area contributed by atoms with Crippen LogP contribution in [0.15, 0.2) is 82.4 Å². The van der Waals surface area contributed by atoms with Crippen molar-refractivity contribution in [3.63, 3.8) is 0 Å². The van der Waals surface area contributed by atoms with E-state index in [1.807, 2.05) is 0 Å². The molecule has 9 heteroatoms. The summed E-state index contributed by atoms with van der Waals surface area (Å²) in [5, 5.41) is 14.5. The van der Waals surface area contributed by atoms with Crippen LogP contribution >= 0.6 is 15.9 Å². The van der Waals surface area contributed by atoms with Gasteiger partial charge in [-0.2, -0.15) is 5.10 Å². The summed E-state index contributed by atoms with van der Waals surface area (Å²) in [6, 6.07) is 18.5. The van der Waals surface area contributed by atoms with Crippen molar-refractivity contribution in [3.05, 3.63) is 104 Å². The number of hydrogen-bond acceptors (Lipinski definition) is 6. The van der Waals surface area contributed by atoms with Gasteiger partial charge in [0.2, 0.25) is 0 Å². The first-order valence-electron chi connectivity index (χ1n) is 8.58. The second-order valence-corrected chi connectivity index (χ2v) is 6.88. The van der Waals surface area contributed by atoms with Gasteiger partial charge in [0.1, 0.15) is 5.75 Å². The van der Waals surface area contributed by atoms with Gasteiger partial charge in [-0.15, -0.1) is 0 Å². The van der Waals surface area contributed by atoms with Crippen molar-refractivity contribution in [2.24, 2.45) is 5.10 Å². The number of benzene rings is 3. The van der Waals surface area contributed by atoms with E-state index in [0.29, 0.717) is 16.9 Å². The number of hydrogen-bond donors (Lipinski definition) is 1. The summed E-state index contributed by atoms with van der Waals surface area (Å²) in [7, 11) is 0. The Balaban J connectivity index is 1.55. The molecular weight excluding hydrogens is 454 g/mol. The topological polar surface area (TPSA) is 111 Å².